The maximum Gasteiger partial charge on any atom is 0.236 e. The minimum Gasteiger partial charge on any atom is -0.337 e. The summed E-state index contributed by atoms with van der Waals surface area (Å²) in [4.78, 5) is 19.0. The summed E-state index contributed by atoms with van der Waals surface area (Å²) in [7, 11) is 0. The minimum absolute atomic E-state index is 0.0391. The molecular weight excluding hydrogens is 304 g/mol. The highest BCUT2D eigenvalue weighted by molar-refractivity contribution is 8.00. The predicted octanol–water partition coefficient (Wildman–Crippen LogP) is 3.64. The van der Waals surface area contributed by atoms with E-state index in [4.69, 9.17) is 0 Å². The number of carbonyl (C=O) groups excluding carboxylic acids is 1. The highest BCUT2D eigenvalue weighted by Crippen LogP contribution is 2.31. The van der Waals surface area contributed by atoms with Crippen LogP contribution >= 0.6 is 11.8 Å². The van der Waals surface area contributed by atoms with E-state index >= 15 is 0 Å². The van der Waals surface area contributed by atoms with Gasteiger partial charge in [0.15, 0.2) is 0 Å². The second-order valence-electron chi connectivity index (χ2n) is 6.80. The molecule has 1 aromatic carbocycles. The third kappa shape index (κ3) is 3.92. The van der Waals surface area contributed by atoms with Crippen LogP contribution in [0.25, 0.3) is 0 Å². The van der Waals surface area contributed by atoms with Crippen molar-refractivity contribution in [3.05, 3.63) is 30.3 Å². The van der Waals surface area contributed by atoms with E-state index in [1.165, 1.54) is 30.8 Å². The predicted molar refractivity (Wildman–Crippen MR) is 96.8 cm³/mol. The van der Waals surface area contributed by atoms with Crippen LogP contribution in [0.5, 0.6) is 0 Å². The number of amides is 1. The number of nitrogens with zero attached hydrogens (tertiary/aromatic N) is 2. The second-order valence-corrected chi connectivity index (χ2v) is 8.08. The van der Waals surface area contributed by atoms with Gasteiger partial charge >= 0.3 is 0 Å². The Hall–Kier alpha value is -1.00. The van der Waals surface area contributed by atoms with Crippen LogP contribution in [0.3, 0.4) is 0 Å². The molecule has 23 heavy (non-hydrogen) atoms. The van der Waals surface area contributed by atoms with E-state index in [2.05, 4.69) is 35.8 Å². The third-order valence-electron chi connectivity index (χ3n) is 5.16. The van der Waals surface area contributed by atoms with Crippen LogP contribution < -0.4 is 0 Å². The molecule has 1 aromatic rings. The van der Waals surface area contributed by atoms with Crippen molar-refractivity contribution in [2.75, 3.05) is 19.6 Å². The van der Waals surface area contributed by atoms with Crippen molar-refractivity contribution in [2.24, 2.45) is 0 Å². The van der Waals surface area contributed by atoms with Gasteiger partial charge in [-0.2, -0.15) is 0 Å². The van der Waals surface area contributed by atoms with Crippen molar-refractivity contribution in [3.8, 4) is 0 Å². The molecule has 0 unspecified atom stereocenters. The first-order valence-electron chi connectivity index (χ1n) is 8.95. The number of carbonyl (C=O) groups is 1. The summed E-state index contributed by atoms with van der Waals surface area (Å²) in [5, 5.41) is 0.0391. The summed E-state index contributed by atoms with van der Waals surface area (Å²) >= 11 is 1.71. The number of hydrogen-bond acceptors (Lipinski definition) is 3. The summed E-state index contributed by atoms with van der Waals surface area (Å²) in [6.07, 6.45) is 4.66. The van der Waals surface area contributed by atoms with Crippen LogP contribution in [0.4, 0.5) is 0 Å². The molecule has 2 fully saturated rings. The zero-order valence-corrected chi connectivity index (χ0v) is 15.1. The fourth-order valence-electron chi connectivity index (χ4n) is 3.84. The van der Waals surface area contributed by atoms with Gasteiger partial charge in [0, 0.05) is 23.5 Å². The lowest BCUT2D eigenvalue weighted by molar-refractivity contribution is -0.131. The van der Waals surface area contributed by atoms with E-state index in [1.54, 1.807) is 11.8 Å². The van der Waals surface area contributed by atoms with Crippen molar-refractivity contribution in [2.45, 2.75) is 61.8 Å². The maximum atomic E-state index is 13.0. The molecule has 4 heteroatoms. The topological polar surface area (TPSA) is 23.6 Å². The zero-order valence-electron chi connectivity index (χ0n) is 14.3. The SMILES string of the molecule is CC[C@H](Sc1ccccc1)C(=O)N1C[C@@H](N2CCCC2)C[C@H]1C. The van der Waals surface area contributed by atoms with Crippen molar-refractivity contribution in [1.29, 1.82) is 0 Å². The van der Waals surface area contributed by atoms with E-state index < -0.39 is 0 Å². The first-order valence-corrected chi connectivity index (χ1v) is 9.83. The summed E-state index contributed by atoms with van der Waals surface area (Å²) < 4.78 is 0. The van der Waals surface area contributed by atoms with Gasteiger partial charge in [0.25, 0.3) is 0 Å². The van der Waals surface area contributed by atoms with Gasteiger partial charge in [0.2, 0.25) is 5.91 Å². The van der Waals surface area contributed by atoms with Gasteiger partial charge in [0.1, 0.15) is 0 Å². The van der Waals surface area contributed by atoms with E-state index in [1.807, 2.05) is 18.2 Å². The molecule has 0 radical (unpaired) electrons. The lowest BCUT2D eigenvalue weighted by atomic mass is 10.2. The molecular formula is C19H28N2OS. The van der Waals surface area contributed by atoms with E-state index in [9.17, 15) is 4.79 Å². The highest BCUT2D eigenvalue weighted by Gasteiger charge is 2.38. The smallest absolute Gasteiger partial charge is 0.236 e. The van der Waals surface area contributed by atoms with E-state index in [0.717, 1.165) is 19.4 Å². The molecule has 2 heterocycles. The molecule has 2 aliphatic rings. The zero-order chi connectivity index (χ0) is 16.2. The quantitative estimate of drug-likeness (QED) is 0.769. The largest absolute Gasteiger partial charge is 0.337 e. The second kappa shape index (κ2) is 7.71. The number of thioether (sulfide) groups is 1. The molecule has 3 atom stereocenters. The summed E-state index contributed by atoms with van der Waals surface area (Å²) in [6, 6.07) is 11.3. The van der Waals surface area contributed by atoms with Crippen LogP contribution in [0.15, 0.2) is 35.2 Å². The Morgan fingerprint density at radius 2 is 1.96 bits per heavy atom. The monoisotopic (exact) mass is 332 g/mol. The molecule has 0 spiro atoms. The molecule has 0 N–H and O–H groups in total. The Bertz CT molecular complexity index is 515. The number of rotatable bonds is 5. The molecule has 2 saturated heterocycles. The van der Waals surface area contributed by atoms with E-state index in [0.29, 0.717) is 18.0 Å². The summed E-state index contributed by atoms with van der Waals surface area (Å²) in [6.45, 7) is 7.70. The fraction of sp³-hybridized carbons (Fsp3) is 0.632. The molecule has 3 nitrogen and oxygen atoms in total. The molecule has 2 aliphatic heterocycles. The van der Waals surface area contributed by atoms with Crippen LogP contribution in [0, 0.1) is 0 Å². The standard InChI is InChI=1S/C19H28N2OS/c1-3-18(23-17-9-5-4-6-10-17)19(22)21-14-16(13-15(21)2)20-11-7-8-12-20/h4-6,9-10,15-16,18H,3,7-8,11-14H2,1-2H3/t15-,16+,18+/m1/s1. The maximum absolute atomic E-state index is 13.0. The highest BCUT2D eigenvalue weighted by atomic mass is 32.2. The van der Waals surface area contributed by atoms with Crippen molar-refractivity contribution >= 4 is 17.7 Å². The first kappa shape index (κ1) is 16.8. The Labute approximate surface area is 144 Å². The summed E-state index contributed by atoms with van der Waals surface area (Å²) in [5.74, 6) is 0.329. The molecule has 0 saturated carbocycles. The van der Waals surface area contributed by atoms with Crippen molar-refractivity contribution in [1.82, 2.24) is 9.80 Å². The van der Waals surface area contributed by atoms with Gasteiger partial charge in [-0.05, 0) is 57.8 Å². The van der Waals surface area contributed by atoms with Crippen molar-refractivity contribution < 1.29 is 4.79 Å². The van der Waals surface area contributed by atoms with Crippen LogP contribution in [0.1, 0.15) is 39.5 Å². The molecule has 126 valence electrons. The minimum atomic E-state index is 0.0391. The van der Waals surface area contributed by atoms with Gasteiger partial charge in [-0.1, -0.05) is 25.1 Å². The average molecular weight is 333 g/mol. The summed E-state index contributed by atoms with van der Waals surface area (Å²) in [5.41, 5.74) is 0. The molecule has 1 amide bonds. The number of benzene rings is 1. The van der Waals surface area contributed by atoms with Crippen LogP contribution in [0.2, 0.25) is 0 Å². The third-order valence-corrected chi connectivity index (χ3v) is 6.52. The first-order chi connectivity index (χ1) is 11.2. The molecule has 3 rings (SSSR count). The Morgan fingerprint density at radius 1 is 1.26 bits per heavy atom. The Morgan fingerprint density at radius 3 is 2.61 bits per heavy atom. The van der Waals surface area contributed by atoms with Crippen LogP contribution in [-0.4, -0.2) is 52.7 Å². The van der Waals surface area contributed by atoms with Gasteiger partial charge in [-0.25, -0.2) is 0 Å². The van der Waals surface area contributed by atoms with Gasteiger partial charge in [-0.3, -0.25) is 9.69 Å². The number of likely N-dealkylation sites (tertiary alicyclic amines) is 2. The van der Waals surface area contributed by atoms with Gasteiger partial charge in [-0.15, -0.1) is 11.8 Å². The van der Waals surface area contributed by atoms with Gasteiger partial charge < -0.3 is 4.90 Å². The van der Waals surface area contributed by atoms with E-state index in [-0.39, 0.29) is 5.25 Å². The molecule has 0 aliphatic carbocycles. The normalized spacial score (nSPS) is 26.6. The Kier molecular flexibility index (Phi) is 5.65. The average Bonchev–Trinajstić information content (AvgIpc) is 3.22. The molecule has 0 bridgehead atoms. The Balaban J connectivity index is 1.63. The fourth-order valence-corrected chi connectivity index (χ4v) is 4.88. The lowest BCUT2D eigenvalue weighted by Gasteiger charge is -2.27. The molecule has 0 aromatic heterocycles. The number of hydrogen-bond donors (Lipinski definition) is 0. The lowest BCUT2D eigenvalue weighted by Crippen LogP contribution is -2.41. The van der Waals surface area contributed by atoms with Crippen LogP contribution in [-0.2, 0) is 4.79 Å². The van der Waals surface area contributed by atoms with Gasteiger partial charge in [0.05, 0.1) is 5.25 Å². The van der Waals surface area contributed by atoms with Crippen molar-refractivity contribution in [3.63, 3.8) is 0 Å².